The van der Waals surface area contributed by atoms with Gasteiger partial charge in [-0.1, -0.05) is 37.8 Å². The Hall–Kier alpha value is -1.35. The van der Waals surface area contributed by atoms with Gasteiger partial charge in [-0.3, -0.25) is 0 Å². The third-order valence-electron chi connectivity index (χ3n) is 4.67. The molecule has 0 amide bonds. The number of rotatable bonds is 1. The molecule has 1 heterocycles. The van der Waals surface area contributed by atoms with E-state index in [0.717, 1.165) is 24.2 Å². The van der Waals surface area contributed by atoms with Gasteiger partial charge in [-0.2, -0.15) is 0 Å². The number of nitrogens with zero attached hydrogens (tertiary/aromatic N) is 2. The molecule has 21 heavy (non-hydrogen) atoms. The van der Waals surface area contributed by atoms with Crippen molar-refractivity contribution in [3.05, 3.63) is 30.1 Å². The van der Waals surface area contributed by atoms with Gasteiger partial charge in [0, 0.05) is 5.54 Å². The Balaban J connectivity index is 2.21. The summed E-state index contributed by atoms with van der Waals surface area (Å²) >= 11 is 0. The first-order valence-electron chi connectivity index (χ1n) is 8.19. The zero-order valence-electron chi connectivity index (χ0n) is 13.5. The van der Waals surface area contributed by atoms with Crippen LogP contribution in [0.2, 0.25) is 0 Å². The zero-order valence-corrected chi connectivity index (χ0v) is 13.5. The van der Waals surface area contributed by atoms with E-state index in [1.54, 1.807) is 0 Å². The van der Waals surface area contributed by atoms with Gasteiger partial charge in [-0.15, -0.1) is 0 Å². The van der Waals surface area contributed by atoms with Gasteiger partial charge < -0.3 is 10.3 Å². The first-order chi connectivity index (χ1) is 9.92. The maximum Gasteiger partial charge on any atom is 0.130 e. The summed E-state index contributed by atoms with van der Waals surface area (Å²) in [5.41, 5.74) is 8.84. The molecule has 1 aromatic heterocycles. The number of fused-ring (bicyclic) bond motifs is 1. The highest BCUT2D eigenvalue weighted by atomic mass is 15.2. The van der Waals surface area contributed by atoms with Crippen LogP contribution in [-0.4, -0.2) is 9.55 Å². The lowest BCUT2D eigenvalue weighted by Crippen LogP contribution is -2.41. The summed E-state index contributed by atoms with van der Waals surface area (Å²) in [6.07, 6.45) is 7.12. The lowest BCUT2D eigenvalue weighted by Gasteiger charge is -2.33. The van der Waals surface area contributed by atoms with Crippen LogP contribution in [0.5, 0.6) is 0 Å². The van der Waals surface area contributed by atoms with Crippen LogP contribution < -0.4 is 5.73 Å². The van der Waals surface area contributed by atoms with Crippen molar-refractivity contribution in [2.24, 2.45) is 5.73 Å². The summed E-state index contributed by atoms with van der Waals surface area (Å²) < 4.78 is 2.37. The molecular formula is C18H27N3. The summed E-state index contributed by atoms with van der Waals surface area (Å²) in [5, 5.41) is 0. The average molecular weight is 285 g/mol. The number of benzene rings is 1. The highest BCUT2D eigenvalue weighted by Crippen LogP contribution is 2.37. The van der Waals surface area contributed by atoms with Crippen molar-refractivity contribution in [3.63, 3.8) is 0 Å². The fourth-order valence-corrected chi connectivity index (χ4v) is 3.62. The second-order valence-corrected chi connectivity index (χ2v) is 7.50. The molecule has 0 saturated heterocycles. The largest absolute Gasteiger partial charge is 0.321 e. The molecule has 2 aromatic rings. The first-order valence-corrected chi connectivity index (χ1v) is 8.19. The van der Waals surface area contributed by atoms with Gasteiger partial charge in [-0.25, -0.2) is 4.98 Å². The van der Waals surface area contributed by atoms with E-state index in [4.69, 9.17) is 10.7 Å². The van der Waals surface area contributed by atoms with Crippen LogP contribution in [0.25, 0.3) is 11.0 Å². The van der Waals surface area contributed by atoms with E-state index in [1.807, 2.05) is 0 Å². The van der Waals surface area contributed by atoms with Crippen molar-refractivity contribution in [3.8, 4) is 0 Å². The minimum absolute atomic E-state index is 0.00981. The summed E-state index contributed by atoms with van der Waals surface area (Å²) in [4.78, 5) is 4.95. The number of hydrogen-bond acceptors (Lipinski definition) is 2. The SMILES string of the molecule is CC(C)(C)n1c(C2(N)CCCCCC2)nc2ccccc21. The molecule has 1 aromatic carbocycles. The number of nitrogens with two attached hydrogens (primary N) is 1. The fourth-order valence-electron chi connectivity index (χ4n) is 3.62. The van der Waals surface area contributed by atoms with Crippen LogP contribution in [0, 0.1) is 0 Å². The number of imidazole rings is 1. The molecule has 0 aliphatic heterocycles. The van der Waals surface area contributed by atoms with E-state index in [9.17, 15) is 0 Å². The predicted molar refractivity (Wildman–Crippen MR) is 88.3 cm³/mol. The normalized spacial score (nSPS) is 19.6. The van der Waals surface area contributed by atoms with Crippen LogP contribution >= 0.6 is 0 Å². The van der Waals surface area contributed by atoms with Gasteiger partial charge >= 0.3 is 0 Å². The Morgan fingerprint density at radius 2 is 1.67 bits per heavy atom. The minimum atomic E-state index is -0.275. The summed E-state index contributed by atoms with van der Waals surface area (Å²) in [7, 11) is 0. The quantitative estimate of drug-likeness (QED) is 0.794. The molecule has 0 atom stereocenters. The Morgan fingerprint density at radius 3 is 2.29 bits per heavy atom. The van der Waals surface area contributed by atoms with Gasteiger partial charge in [0.2, 0.25) is 0 Å². The topological polar surface area (TPSA) is 43.8 Å². The molecule has 1 saturated carbocycles. The molecule has 3 heteroatoms. The van der Waals surface area contributed by atoms with Crippen LogP contribution in [-0.2, 0) is 11.1 Å². The first kappa shape index (κ1) is 14.6. The van der Waals surface area contributed by atoms with Gasteiger partial charge in [-0.05, 0) is 45.7 Å². The molecule has 3 rings (SSSR count). The summed E-state index contributed by atoms with van der Waals surface area (Å²) in [5.74, 6) is 1.08. The molecule has 0 radical (unpaired) electrons. The molecule has 1 fully saturated rings. The Kier molecular flexibility index (Phi) is 3.56. The maximum atomic E-state index is 6.86. The smallest absolute Gasteiger partial charge is 0.130 e. The molecule has 0 unspecified atom stereocenters. The van der Waals surface area contributed by atoms with Crippen molar-refractivity contribution >= 4 is 11.0 Å². The van der Waals surface area contributed by atoms with Crippen LogP contribution in [0.1, 0.15) is 65.1 Å². The number of aromatic nitrogens is 2. The molecule has 1 aliphatic rings. The van der Waals surface area contributed by atoms with E-state index in [1.165, 1.54) is 31.2 Å². The lowest BCUT2D eigenvalue weighted by atomic mass is 9.89. The Labute approximate surface area is 127 Å². The maximum absolute atomic E-state index is 6.86. The third kappa shape index (κ3) is 2.59. The highest BCUT2D eigenvalue weighted by Gasteiger charge is 2.36. The monoisotopic (exact) mass is 285 g/mol. The van der Waals surface area contributed by atoms with Gasteiger partial charge in [0.15, 0.2) is 0 Å². The van der Waals surface area contributed by atoms with Crippen LogP contribution in [0.3, 0.4) is 0 Å². The van der Waals surface area contributed by atoms with Crippen molar-refractivity contribution in [2.45, 2.75) is 70.4 Å². The van der Waals surface area contributed by atoms with Crippen LogP contribution in [0.15, 0.2) is 24.3 Å². The van der Waals surface area contributed by atoms with Crippen LogP contribution in [0.4, 0.5) is 0 Å². The number of hydrogen-bond donors (Lipinski definition) is 1. The highest BCUT2D eigenvalue weighted by molar-refractivity contribution is 5.76. The van der Waals surface area contributed by atoms with E-state index in [-0.39, 0.29) is 11.1 Å². The van der Waals surface area contributed by atoms with E-state index in [0.29, 0.717) is 0 Å². The van der Waals surface area contributed by atoms with Crippen molar-refractivity contribution in [1.82, 2.24) is 9.55 Å². The molecule has 3 nitrogen and oxygen atoms in total. The zero-order chi connectivity index (χ0) is 15.1. The average Bonchev–Trinajstić information content (AvgIpc) is 2.70. The van der Waals surface area contributed by atoms with Crippen molar-refractivity contribution < 1.29 is 0 Å². The van der Waals surface area contributed by atoms with Gasteiger partial charge in [0.25, 0.3) is 0 Å². The summed E-state index contributed by atoms with van der Waals surface area (Å²) in [6, 6.07) is 8.41. The molecule has 2 N–H and O–H groups in total. The Bertz CT molecular complexity index is 625. The lowest BCUT2D eigenvalue weighted by molar-refractivity contribution is 0.305. The van der Waals surface area contributed by atoms with Crippen molar-refractivity contribution in [2.75, 3.05) is 0 Å². The Morgan fingerprint density at radius 1 is 1.05 bits per heavy atom. The molecule has 0 bridgehead atoms. The second kappa shape index (κ2) is 5.13. The van der Waals surface area contributed by atoms with Gasteiger partial charge in [0.1, 0.15) is 5.82 Å². The minimum Gasteiger partial charge on any atom is -0.321 e. The predicted octanol–water partition coefficient (Wildman–Crippen LogP) is 4.30. The van der Waals surface area contributed by atoms with E-state index in [2.05, 4.69) is 49.6 Å². The van der Waals surface area contributed by atoms with E-state index < -0.39 is 0 Å². The number of para-hydroxylation sites is 2. The van der Waals surface area contributed by atoms with Crippen molar-refractivity contribution in [1.29, 1.82) is 0 Å². The van der Waals surface area contributed by atoms with E-state index >= 15 is 0 Å². The standard InChI is InChI=1S/C18H27N3/c1-17(2,3)21-15-11-7-6-10-14(15)20-16(21)18(19)12-8-4-5-9-13-18/h6-7,10-11H,4-5,8-9,12-13,19H2,1-3H3. The molecule has 1 aliphatic carbocycles. The van der Waals surface area contributed by atoms with Gasteiger partial charge in [0.05, 0.1) is 16.6 Å². The molecule has 0 spiro atoms. The third-order valence-corrected chi connectivity index (χ3v) is 4.67. The fraction of sp³-hybridized carbons (Fsp3) is 0.611. The summed E-state index contributed by atoms with van der Waals surface area (Å²) in [6.45, 7) is 6.72. The molecular weight excluding hydrogens is 258 g/mol. The molecule has 114 valence electrons. The second-order valence-electron chi connectivity index (χ2n) is 7.50.